The molecular formula is C19H19ClN4O2. The van der Waals surface area contributed by atoms with Crippen molar-refractivity contribution in [1.29, 1.82) is 0 Å². The van der Waals surface area contributed by atoms with Gasteiger partial charge in [-0.3, -0.25) is 9.59 Å². The van der Waals surface area contributed by atoms with E-state index in [1.165, 1.54) is 6.08 Å². The molecule has 7 heteroatoms. The van der Waals surface area contributed by atoms with Crippen molar-refractivity contribution in [3.63, 3.8) is 0 Å². The molecule has 1 fully saturated rings. The van der Waals surface area contributed by atoms with Gasteiger partial charge in [0.25, 0.3) is 0 Å². The molecule has 1 aliphatic heterocycles. The highest BCUT2D eigenvalue weighted by Crippen LogP contribution is 2.23. The smallest absolute Gasteiger partial charge is 0.247 e. The highest BCUT2D eigenvalue weighted by atomic mass is 35.5. The minimum Gasteiger partial charge on any atom is -0.338 e. The van der Waals surface area contributed by atoms with Crippen LogP contribution < -0.4 is 5.32 Å². The maximum Gasteiger partial charge on any atom is 0.247 e. The Bertz CT molecular complexity index is 805. The zero-order valence-corrected chi connectivity index (χ0v) is 14.9. The minimum atomic E-state index is -0.250. The molecule has 0 radical (unpaired) electrons. The van der Waals surface area contributed by atoms with Gasteiger partial charge >= 0.3 is 0 Å². The molecule has 2 heterocycles. The molecule has 1 aromatic heterocycles. The van der Waals surface area contributed by atoms with E-state index in [0.717, 1.165) is 5.56 Å². The molecule has 2 amide bonds. The summed E-state index contributed by atoms with van der Waals surface area (Å²) < 4.78 is 0. The lowest BCUT2D eigenvalue weighted by atomic mass is 10.0. The number of hydrogen-bond donors (Lipinski definition) is 1. The fraction of sp³-hybridized carbons (Fsp3) is 0.263. The van der Waals surface area contributed by atoms with Crippen LogP contribution in [0.2, 0.25) is 5.02 Å². The number of halogens is 1. The normalized spacial score (nSPS) is 16.6. The van der Waals surface area contributed by atoms with Crippen LogP contribution in [0.4, 0.5) is 5.69 Å². The Balaban J connectivity index is 1.56. The average Bonchev–Trinajstić information content (AvgIpc) is 2.97. The fourth-order valence-corrected chi connectivity index (χ4v) is 3.05. The molecule has 134 valence electrons. The van der Waals surface area contributed by atoms with Crippen molar-refractivity contribution in [3.8, 4) is 0 Å². The highest BCUT2D eigenvalue weighted by Gasteiger charge is 2.30. The molecule has 0 aliphatic carbocycles. The van der Waals surface area contributed by atoms with Gasteiger partial charge in [-0.15, -0.1) is 0 Å². The molecule has 0 saturated carbocycles. The number of benzene rings is 1. The number of amides is 2. The number of hydrogen-bond acceptors (Lipinski definition) is 4. The quantitative estimate of drug-likeness (QED) is 0.793. The van der Waals surface area contributed by atoms with Crippen LogP contribution in [0.25, 0.3) is 0 Å². The van der Waals surface area contributed by atoms with E-state index in [-0.39, 0.29) is 17.7 Å². The predicted octanol–water partition coefficient (Wildman–Crippen LogP) is 2.85. The first kappa shape index (κ1) is 18.1. The molecule has 1 aromatic carbocycles. The Labute approximate surface area is 156 Å². The lowest BCUT2D eigenvalue weighted by Gasteiger charge is -2.17. The molecule has 2 aromatic rings. The molecule has 0 spiro atoms. The van der Waals surface area contributed by atoms with Crippen molar-refractivity contribution >= 4 is 29.1 Å². The van der Waals surface area contributed by atoms with Crippen LogP contribution in [0.15, 0.2) is 49.3 Å². The van der Waals surface area contributed by atoms with Crippen molar-refractivity contribution < 1.29 is 9.59 Å². The van der Waals surface area contributed by atoms with E-state index in [0.29, 0.717) is 42.5 Å². The maximum absolute atomic E-state index is 12.3. The first-order valence-electron chi connectivity index (χ1n) is 8.30. The molecule has 1 aliphatic rings. The topological polar surface area (TPSA) is 75.2 Å². The van der Waals surface area contributed by atoms with Crippen molar-refractivity contribution in [3.05, 3.63) is 65.7 Å². The van der Waals surface area contributed by atoms with Gasteiger partial charge in [0.2, 0.25) is 11.8 Å². The Morgan fingerprint density at radius 3 is 2.65 bits per heavy atom. The number of carbonyl (C=O) groups is 2. The van der Waals surface area contributed by atoms with Crippen LogP contribution in [0, 0.1) is 5.92 Å². The molecule has 1 atom stereocenters. The van der Waals surface area contributed by atoms with Gasteiger partial charge in [-0.05, 0) is 29.7 Å². The van der Waals surface area contributed by atoms with Crippen molar-refractivity contribution in [2.75, 3.05) is 11.9 Å². The second-order valence-electron chi connectivity index (χ2n) is 6.26. The summed E-state index contributed by atoms with van der Waals surface area (Å²) in [4.78, 5) is 33.8. The number of nitrogens with zero attached hydrogens (tertiary/aromatic N) is 3. The SMILES string of the molecule is C=CC(=O)Nc1ccc(CN2C[C@H](Cc3ncc(Cl)cn3)CC2=O)cc1. The number of anilines is 1. The lowest BCUT2D eigenvalue weighted by molar-refractivity contribution is -0.128. The van der Waals surface area contributed by atoms with Crippen molar-refractivity contribution in [1.82, 2.24) is 14.9 Å². The number of nitrogens with one attached hydrogen (secondary N) is 1. The van der Waals surface area contributed by atoms with Gasteiger partial charge < -0.3 is 10.2 Å². The second kappa shape index (κ2) is 8.10. The molecule has 26 heavy (non-hydrogen) atoms. The average molecular weight is 371 g/mol. The van der Waals surface area contributed by atoms with Crippen molar-refractivity contribution in [2.45, 2.75) is 19.4 Å². The van der Waals surface area contributed by atoms with Gasteiger partial charge in [0.05, 0.1) is 5.02 Å². The lowest BCUT2D eigenvalue weighted by Crippen LogP contribution is -2.24. The van der Waals surface area contributed by atoms with Crippen LogP contribution in [0.3, 0.4) is 0 Å². The zero-order valence-electron chi connectivity index (χ0n) is 14.2. The summed E-state index contributed by atoms with van der Waals surface area (Å²) in [5, 5.41) is 3.20. The molecule has 3 rings (SSSR count). The minimum absolute atomic E-state index is 0.132. The Hall–Kier alpha value is -2.73. The Morgan fingerprint density at radius 1 is 1.31 bits per heavy atom. The van der Waals surface area contributed by atoms with Gasteiger partial charge in [-0.2, -0.15) is 0 Å². The highest BCUT2D eigenvalue weighted by molar-refractivity contribution is 6.30. The van der Waals surface area contributed by atoms with E-state index < -0.39 is 0 Å². The molecule has 1 N–H and O–H groups in total. The number of aromatic nitrogens is 2. The summed E-state index contributed by atoms with van der Waals surface area (Å²) in [6.45, 7) is 4.65. The third kappa shape index (κ3) is 4.67. The Morgan fingerprint density at radius 2 is 2.00 bits per heavy atom. The molecule has 1 saturated heterocycles. The summed E-state index contributed by atoms with van der Waals surface area (Å²) in [6.07, 6.45) is 5.53. The van der Waals surface area contributed by atoms with E-state index in [9.17, 15) is 9.59 Å². The molecule has 0 bridgehead atoms. The van der Waals surface area contributed by atoms with E-state index in [2.05, 4.69) is 21.9 Å². The number of carbonyl (C=O) groups excluding carboxylic acids is 2. The fourth-order valence-electron chi connectivity index (χ4n) is 2.95. The van der Waals surface area contributed by atoms with E-state index in [1.54, 1.807) is 12.4 Å². The number of rotatable bonds is 6. The first-order chi connectivity index (χ1) is 12.5. The predicted molar refractivity (Wildman–Crippen MR) is 99.5 cm³/mol. The summed E-state index contributed by atoms with van der Waals surface area (Å²) >= 11 is 5.80. The summed E-state index contributed by atoms with van der Waals surface area (Å²) in [5.41, 5.74) is 1.71. The molecule has 0 unspecified atom stereocenters. The van der Waals surface area contributed by atoms with E-state index >= 15 is 0 Å². The van der Waals surface area contributed by atoms with Crippen LogP contribution in [-0.2, 0) is 22.6 Å². The van der Waals surface area contributed by atoms with Gasteiger partial charge in [0.15, 0.2) is 0 Å². The standard InChI is InChI=1S/C19H19ClN4O2/c1-2-18(25)23-16-5-3-13(4-6-16)11-24-12-14(8-19(24)26)7-17-21-9-15(20)10-22-17/h2-6,9-10,14H,1,7-8,11-12H2,(H,23,25)/t14-/m1/s1. The Kier molecular flexibility index (Phi) is 5.63. The second-order valence-corrected chi connectivity index (χ2v) is 6.69. The third-order valence-electron chi connectivity index (χ3n) is 4.22. The summed E-state index contributed by atoms with van der Waals surface area (Å²) in [5.74, 6) is 0.791. The number of likely N-dealkylation sites (tertiary alicyclic amines) is 1. The van der Waals surface area contributed by atoms with E-state index in [1.807, 2.05) is 29.2 Å². The van der Waals surface area contributed by atoms with Gasteiger partial charge in [-0.1, -0.05) is 30.3 Å². The van der Waals surface area contributed by atoms with Crippen LogP contribution in [0.5, 0.6) is 0 Å². The summed E-state index contributed by atoms with van der Waals surface area (Å²) in [7, 11) is 0. The molecular weight excluding hydrogens is 352 g/mol. The zero-order chi connectivity index (χ0) is 18.5. The maximum atomic E-state index is 12.3. The largest absolute Gasteiger partial charge is 0.338 e. The van der Waals surface area contributed by atoms with Gasteiger partial charge in [-0.25, -0.2) is 9.97 Å². The van der Waals surface area contributed by atoms with Crippen LogP contribution >= 0.6 is 11.6 Å². The third-order valence-corrected chi connectivity index (χ3v) is 4.42. The van der Waals surface area contributed by atoms with Crippen LogP contribution in [-0.4, -0.2) is 33.2 Å². The monoisotopic (exact) mass is 370 g/mol. The summed E-state index contributed by atoms with van der Waals surface area (Å²) in [6, 6.07) is 7.44. The first-order valence-corrected chi connectivity index (χ1v) is 8.68. The van der Waals surface area contributed by atoms with E-state index in [4.69, 9.17) is 11.6 Å². The van der Waals surface area contributed by atoms with Crippen molar-refractivity contribution in [2.24, 2.45) is 5.92 Å². The van der Waals surface area contributed by atoms with Crippen LogP contribution in [0.1, 0.15) is 17.8 Å². The van der Waals surface area contributed by atoms with Gasteiger partial charge in [0, 0.05) is 44.0 Å². The van der Waals surface area contributed by atoms with Gasteiger partial charge in [0.1, 0.15) is 5.82 Å². The molecule has 6 nitrogen and oxygen atoms in total.